The highest BCUT2D eigenvalue weighted by Gasteiger charge is 2.36. The summed E-state index contributed by atoms with van der Waals surface area (Å²) >= 11 is 0. The van der Waals surface area contributed by atoms with Gasteiger partial charge >= 0.3 is 0 Å². The van der Waals surface area contributed by atoms with E-state index in [0.29, 0.717) is 30.0 Å². The second kappa shape index (κ2) is 7.36. The second-order valence-electron chi connectivity index (χ2n) is 7.69. The van der Waals surface area contributed by atoms with Crippen molar-refractivity contribution in [2.75, 3.05) is 38.1 Å². The lowest BCUT2D eigenvalue weighted by Crippen LogP contribution is -2.46. The van der Waals surface area contributed by atoms with Crippen molar-refractivity contribution in [1.29, 1.82) is 0 Å². The van der Waals surface area contributed by atoms with Crippen LogP contribution in [0.1, 0.15) is 31.2 Å². The number of nitrogens with zero attached hydrogens (tertiary/aromatic N) is 2. The first-order valence-corrected chi connectivity index (χ1v) is 11.2. The molecule has 0 radical (unpaired) electrons. The zero-order valence-electron chi connectivity index (χ0n) is 15.9. The largest absolute Gasteiger partial charge is 0.482 e. The number of piperidine rings is 1. The lowest BCUT2D eigenvalue weighted by atomic mass is 9.98. The topological polar surface area (TPSA) is 96.0 Å². The number of hydrogen-bond donors (Lipinski definition) is 1. The van der Waals surface area contributed by atoms with E-state index >= 15 is 0 Å². The number of fused-ring (bicyclic) bond motifs is 1. The summed E-state index contributed by atoms with van der Waals surface area (Å²) in [5.41, 5.74) is 1.02. The molecule has 28 heavy (non-hydrogen) atoms. The van der Waals surface area contributed by atoms with Gasteiger partial charge in [0, 0.05) is 32.2 Å². The van der Waals surface area contributed by atoms with Crippen molar-refractivity contribution in [1.82, 2.24) is 9.21 Å². The van der Waals surface area contributed by atoms with Crippen LogP contribution in [0, 0.1) is 12.8 Å². The molecule has 3 aliphatic rings. The molecule has 1 atom stereocenters. The monoisotopic (exact) mass is 407 g/mol. The predicted octanol–water partition coefficient (Wildman–Crippen LogP) is 1.35. The second-order valence-corrected chi connectivity index (χ2v) is 9.59. The van der Waals surface area contributed by atoms with Gasteiger partial charge in [-0.15, -0.1) is 0 Å². The standard InChI is InChI=1S/C19H25N3O5S/c1-13-9-15-16(27-12-18(23)20-15)10-17(13)28(25,26)22-8-4-5-14(11-22)19(24)21-6-2-3-7-21/h9-10,14H,2-8,11-12H2,1H3,(H,20,23). The molecule has 2 saturated heterocycles. The molecule has 0 aliphatic carbocycles. The van der Waals surface area contributed by atoms with E-state index in [9.17, 15) is 18.0 Å². The van der Waals surface area contributed by atoms with E-state index in [4.69, 9.17) is 4.74 Å². The van der Waals surface area contributed by atoms with Crippen LogP contribution >= 0.6 is 0 Å². The van der Waals surface area contributed by atoms with Gasteiger partial charge < -0.3 is 15.0 Å². The van der Waals surface area contributed by atoms with E-state index in [1.165, 1.54) is 10.4 Å². The van der Waals surface area contributed by atoms with Crippen LogP contribution in [-0.4, -0.2) is 62.2 Å². The number of ether oxygens (including phenoxy) is 1. The average molecular weight is 407 g/mol. The number of hydrogen-bond acceptors (Lipinski definition) is 5. The molecule has 3 heterocycles. The summed E-state index contributed by atoms with van der Waals surface area (Å²) in [7, 11) is -3.76. The number of carbonyl (C=O) groups is 2. The first kappa shape index (κ1) is 19.2. The number of sulfonamides is 1. The normalized spacial score (nSPS) is 23.1. The third-order valence-electron chi connectivity index (χ3n) is 5.68. The van der Waals surface area contributed by atoms with Gasteiger partial charge in [-0.2, -0.15) is 4.31 Å². The molecule has 9 heteroatoms. The maximum absolute atomic E-state index is 13.3. The number of anilines is 1. The molecular formula is C19H25N3O5S. The first-order chi connectivity index (χ1) is 13.4. The summed E-state index contributed by atoms with van der Waals surface area (Å²) in [5.74, 6) is -0.118. The Balaban J connectivity index is 1.57. The molecule has 152 valence electrons. The Bertz CT molecular complexity index is 908. The average Bonchev–Trinajstić information content (AvgIpc) is 3.21. The molecule has 2 fully saturated rings. The van der Waals surface area contributed by atoms with Gasteiger partial charge in [0.25, 0.3) is 5.91 Å². The summed E-state index contributed by atoms with van der Waals surface area (Å²) in [5, 5.41) is 2.69. The van der Waals surface area contributed by atoms with Crippen LogP contribution in [0.2, 0.25) is 0 Å². The Hall–Kier alpha value is -2.13. The molecule has 8 nitrogen and oxygen atoms in total. The van der Waals surface area contributed by atoms with Crippen molar-refractivity contribution in [2.45, 2.75) is 37.5 Å². The lowest BCUT2D eigenvalue weighted by molar-refractivity contribution is -0.135. The SMILES string of the molecule is Cc1cc2c(cc1S(=O)(=O)N1CCCC(C(=O)N3CCCC3)C1)OCC(=O)N2. The maximum atomic E-state index is 13.3. The highest BCUT2D eigenvalue weighted by molar-refractivity contribution is 7.89. The van der Waals surface area contributed by atoms with Gasteiger partial charge in [0.2, 0.25) is 15.9 Å². The maximum Gasteiger partial charge on any atom is 0.262 e. The van der Waals surface area contributed by atoms with E-state index in [1.54, 1.807) is 13.0 Å². The molecule has 1 aromatic carbocycles. The number of likely N-dealkylation sites (tertiary alicyclic amines) is 1. The summed E-state index contributed by atoms with van der Waals surface area (Å²) in [6.07, 6.45) is 3.43. The van der Waals surface area contributed by atoms with Crippen LogP contribution in [0.25, 0.3) is 0 Å². The van der Waals surface area contributed by atoms with Crippen molar-refractivity contribution in [3.63, 3.8) is 0 Å². The van der Waals surface area contributed by atoms with Crippen molar-refractivity contribution in [3.8, 4) is 5.75 Å². The Morgan fingerprint density at radius 2 is 1.93 bits per heavy atom. The van der Waals surface area contributed by atoms with Crippen molar-refractivity contribution < 1.29 is 22.7 Å². The van der Waals surface area contributed by atoms with E-state index in [-0.39, 0.29) is 35.8 Å². The molecule has 4 rings (SSSR count). The Labute approximate surface area is 164 Å². The molecule has 1 unspecified atom stereocenters. The van der Waals surface area contributed by atoms with Gasteiger partial charge in [-0.3, -0.25) is 9.59 Å². The van der Waals surface area contributed by atoms with E-state index in [1.807, 2.05) is 4.90 Å². The van der Waals surface area contributed by atoms with Gasteiger partial charge in [0.15, 0.2) is 6.61 Å². The Kier molecular flexibility index (Phi) is 5.05. The van der Waals surface area contributed by atoms with Crippen molar-refractivity contribution in [3.05, 3.63) is 17.7 Å². The number of nitrogens with one attached hydrogen (secondary N) is 1. The van der Waals surface area contributed by atoms with Crippen LogP contribution in [-0.2, 0) is 19.6 Å². The Morgan fingerprint density at radius 1 is 1.18 bits per heavy atom. The van der Waals surface area contributed by atoms with Crippen LogP contribution in [0.3, 0.4) is 0 Å². The van der Waals surface area contributed by atoms with Gasteiger partial charge in [0.1, 0.15) is 5.75 Å². The quantitative estimate of drug-likeness (QED) is 0.816. The smallest absolute Gasteiger partial charge is 0.262 e. The fraction of sp³-hybridized carbons (Fsp3) is 0.579. The zero-order chi connectivity index (χ0) is 19.9. The minimum Gasteiger partial charge on any atom is -0.482 e. The molecular weight excluding hydrogens is 382 g/mol. The fourth-order valence-corrected chi connectivity index (χ4v) is 5.94. The Morgan fingerprint density at radius 3 is 2.68 bits per heavy atom. The molecule has 0 bridgehead atoms. The number of amides is 2. The fourth-order valence-electron chi connectivity index (χ4n) is 4.19. The summed E-state index contributed by atoms with van der Waals surface area (Å²) in [4.78, 5) is 26.2. The van der Waals surface area contributed by atoms with E-state index < -0.39 is 10.0 Å². The van der Waals surface area contributed by atoms with Gasteiger partial charge in [-0.05, 0) is 44.2 Å². The molecule has 0 spiro atoms. The van der Waals surface area contributed by atoms with E-state index in [2.05, 4.69) is 5.32 Å². The summed E-state index contributed by atoms with van der Waals surface area (Å²) in [6.45, 7) is 3.73. The predicted molar refractivity (Wildman–Crippen MR) is 103 cm³/mol. The minimum absolute atomic E-state index is 0.0746. The first-order valence-electron chi connectivity index (χ1n) is 9.72. The van der Waals surface area contributed by atoms with E-state index in [0.717, 1.165) is 32.4 Å². The third-order valence-corrected chi connectivity index (χ3v) is 7.69. The van der Waals surface area contributed by atoms with Crippen molar-refractivity contribution >= 4 is 27.5 Å². The van der Waals surface area contributed by atoms with Crippen LogP contribution in [0.4, 0.5) is 5.69 Å². The zero-order valence-corrected chi connectivity index (χ0v) is 16.8. The number of carbonyl (C=O) groups excluding carboxylic acids is 2. The highest BCUT2D eigenvalue weighted by Crippen LogP contribution is 2.35. The summed E-state index contributed by atoms with van der Waals surface area (Å²) in [6, 6.07) is 3.10. The third kappa shape index (κ3) is 3.48. The highest BCUT2D eigenvalue weighted by atomic mass is 32.2. The van der Waals surface area contributed by atoms with Crippen LogP contribution in [0.15, 0.2) is 17.0 Å². The van der Waals surface area contributed by atoms with Crippen molar-refractivity contribution in [2.24, 2.45) is 5.92 Å². The number of benzene rings is 1. The van der Waals surface area contributed by atoms with Gasteiger partial charge in [-0.1, -0.05) is 0 Å². The molecule has 3 aliphatic heterocycles. The number of aryl methyl sites for hydroxylation is 1. The minimum atomic E-state index is -3.76. The number of rotatable bonds is 3. The summed E-state index contributed by atoms with van der Waals surface area (Å²) < 4.78 is 33.4. The molecule has 2 amide bonds. The lowest BCUT2D eigenvalue weighted by Gasteiger charge is -2.33. The molecule has 0 saturated carbocycles. The van der Waals surface area contributed by atoms with Crippen LogP contribution in [0.5, 0.6) is 5.75 Å². The van der Waals surface area contributed by atoms with Gasteiger partial charge in [0.05, 0.1) is 16.5 Å². The molecule has 1 N–H and O–H groups in total. The van der Waals surface area contributed by atoms with Crippen LogP contribution < -0.4 is 10.1 Å². The molecule has 1 aromatic rings. The molecule has 0 aromatic heterocycles. The van der Waals surface area contributed by atoms with Gasteiger partial charge in [-0.25, -0.2) is 8.42 Å².